The first-order valence-electron chi connectivity index (χ1n) is 16.8. The number of hydrogen-bond acceptors (Lipinski definition) is 6. The highest BCUT2D eigenvalue weighted by molar-refractivity contribution is 4.79. The van der Waals surface area contributed by atoms with Gasteiger partial charge in [0.1, 0.15) is 13.2 Å². The van der Waals surface area contributed by atoms with Gasteiger partial charge < -0.3 is 10.2 Å². The van der Waals surface area contributed by atoms with Gasteiger partial charge >= 0.3 is 0 Å². The second kappa shape index (κ2) is 27.9. The molecule has 0 saturated heterocycles. The first-order chi connectivity index (χ1) is 19.3. The molecule has 1 unspecified atom stereocenters. The molecular formula is C32H66N2O6. The fourth-order valence-corrected chi connectivity index (χ4v) is 5.26. The fourth-order valence-electron chi connectivity index (χ4n) is 5.26. The maximum Gasteiger partial charge on any atom is 0.244 e. The van der Waals surface area contributed by atoms with Crippen molar-refractivity contribution in [3.8, 4) is 0 Å². The number of unbranched alkanes of at least 4 members (excludes halogenated alkanes) is 16. The predicted octanol–water partition coefficient (Wildman–Crippen LogP) is 9.43. The molecule has 0 aliphatic heterocycles. The quantitative estimate of drug-likeness (QED) is 0.0544. The zero-order chi connectivity index (χ0) is 30.5. The van der Waals surface area contributed by atoms with Crippen molar-refractivity contribution in [1.29, 1.82) is 0 Å². The summed E-state index contributed by atoms with van der Waals surface area (Å²) in [6, 6.07) is 0. The molecule has 1 atom stereocenters. The van der Waals surface area contributed by atoms with E-state index in [0.717, 1.165) is 70.6 Å². The van der Waals surface area contributed by atoms with E-state index in [9.17, 15) is 30.4 Å². The van der Waals surface area contributed by atoms with E-state index in [0.29, 0.717) is 25.7 Å². The average Bonchev–Trinajstić information content (AvgIpc) is 2.95. The minimum Gasteiger partial charge on any atom is -0.389 e. The maximum atomic E-state index is 11.4. The number of aliphatic hydroxyl groups excluding tert-OH is 2. The van der Waals surface area contributed by atoms with Crippen molar-refractivity contribution in [2.24, 2.45) is 0 Å². The predicted molar refractivity (Wildman–Crippen MR) is 167 cm³/mol. The van der Waals surface area contributed by atoms with Gasteiger partial charge in [0.15, 0.2) is 0 Å². The number of aliphatic hydroxyl groups is 2. The van der Waals surface area contributed by atoms with E-state index in [4.69, 9.17) is 0 Å². The summed E-state index contributed by atoms with van der Waals surface area (Å²) in [6.45, 7) is 7.92. The van der Waals surface area contributed by atoms with Crippen molar-refractivity contribution in [3.05, 3.63) is 20.2 Å². The largest absolute Gasteiger partial charge is 0.389 e. The smallest absolute Gasteiger partial charge is 0.244 e. The van der Waals surface area contributed by atoms with Gasteiger partial charge in [0.2, 0.25) is 11.1 Å². The molecule has 240 valence electrons. The first-order valence-corrected chi connectivity index (χ1v) is 16.8. The highest BCUT2D eigenvalue weighted by Gasteiger charge is 2.41. The summed E-state index contributed by atoms with van der Waals surface area (Å²) in [6.07, 6.45) is 24.1. The van der Waals surface area contributed by atoms with Crippen LogP contribution in [-0.4, -0.2) is 44.4 Å². The molecule has 0 aromatic rings. The Morgan fingerprint density at radius 2 is 0.650 bits per heavy atom. The molecule has 40 heavy (non-hydrogen) atoms. The topological polar surface area (TPSA) is 127 Å². The molecule has 2 N–H and O–H groups in total. The minimum absolute atomic E-state index is 0.217. The summed E-state index contributed by atoms with van der Waals surface area (Å²) >= 11 is 0. The number of hydrogen-bond donors (Lipinski definition) is 2. The van der Waals surface area contributed by atoms with Crippen LogP contribution in [0.2, 0.25) is 0 Å². The van der Waals surface area contributed by atoms with Crippen molar-refractivity contribution in [1.82, 2.24) is 0 Å². The molecule has 8 heteroatoms. The Labute approximate surface area is 246 Å². The van der Waals surface area contributed by atoms with Crippen molar-refractivity contribution in [3.63, 3.8) is 0 Å². The van der Waals surface area contributed by atoms with Gasteiger partial charge in [-0.25, -0.2) is 0 Å². The van der Waals surface area contributed by atoms with E-state index in [2.05, 4.69) is 20.8 Å². The molecular weight excluding hydrogens is 508 g/mol. The molecule has 0 amide bonds. The normalized spacial score (nSPS) is 12.9. The van der Waals surface area contributed by atoms with Crippen LogP contribution >= 0.6 is 0 Å². The third kappa shape index (κ3) is 19.7. The first kappa shape index (κ1) is 40.9. The average molecular weight is 575 g/mol. The van der Waals surface area contributed by atoms with Gasteiger partial charge in [0.25, 0.3) is 0 Å². The van der Waals surface area contributed by atoms with E-state index in [1.54, 1.807) is 0 Å². The molecule has 0 radical (unpaired) electrons. The van der Waals surface area contributed by atoms with Crippen LogP contribution in [0.4, 0.5) is 0 Å². The fraction of sp³-hybridized carbons (Fsp3) is 1.00. The second-order valence-corrected chi connectivity index (χ2v) is 11.9. The molecule has 0 aliphatic carbocycles. The van der Waals surface area contributed by atoms with Gasteiger partial charge in [-0.15, -0.1) is 0 Å². The molecule has 0 spiro atoms. The lowest BCUT2D eigenvalue weighted by molar-refractivity contribution is -0.576. The Balaban J connectivity index is 0. The highest BCUT2D eigenvalue weighted by atomic mass is 16.6. The molecule has 0 heterocycles. The monoisotopic (exact) mass is 574 g/mol. The summed E-state index contributed by atoms with van der Waals surface area (Å²) < 4.78 is 0. The van der Waals surface area contributed by atoms with Crippen LogP contribution in [0.3, 0.4) is 0 Å². The van der Waals surface area contributed by atoms with Crippen LogP contribution < -0.4 is 0 Å². The molecule has 0 aromatic carbocycles. The van der Waals surface area contributed by atoms with E-state index in [1.807, 2.05) is 6.92 Å². The zero-order valence-corrected chi connectivity index (χ0v) is 26.8. The Hall–Kier alpha value is -1.28. The Morgan fingerprint density at radius 3 is 0.875 bits per heavy atom. The molecule has 0 fully saturated rings. The van der Waals surface area contributed by atoms with E-state index >= 15 is 0 Å². The van der Waals surface area contributed by atoms with Gasteiger partial charge in [-0.05, 0) is 25.7 Å². The van der Waals surface area contributed by atoms with Crippen molar-refractivity contribution >= 4 is 0 Å². The van der Waals surface area contributed by atoms with Crippen molar-refractivity contribution in [2.75, 3.05) is 13.2 Å². The molecule has 8 nitrogen and oxygen atoms in total. The highest BCUT2D eigenvalue weighted by Crippen LogP contribution is 2.27. The summed E-state index contributed by atoms with van der Waals surface area (Å²) in [5.41, 5.74) is -2.17. The third-order valence-corrected chi connectivity index (χ3v) is 8.35. The molecule has 0 aliphatic rings. The third-order valence-electron chi connectivity index (χ3n) is 8.35. The van der Waals surface area contributed by atoms with Crippen LogP contribution in [0, 0.1) is 20.2 Å². The lowest BCUT2D eigenvalue weighted by Crippen LogP contribution is -2.42. The van der Waals surface area contributed by atoms with Gasteiger partial charge in [-0.1, -0.05) is 130 Å². The lowest BCUT2D eigenvalue weighted by Gasteiger charge is -2.23. The molecule has 0 saturated carbocycles. The summed E-state index contributed by atoms with van der Waals surface area (Å²) in [5.74, 6) is 0. The van der Waals surface area contributed by atoms with Gasteiger partial charge in [0, 0.05) is 35.5 Å². The summed E-state index contributed by atoms with van der Waals surface area (Å²) in [7, 11) is 0. The van der Waals surface area contributed by atoms with Crippen molar-refractivity contribution < 1.29 is 20.1 Å². The van der Waals surface area contributed by atoms with Gasteiger partial charge in [-0.3, -0.25) is 20.2 Å². The van der Waals surface area contributed by atoms with Crippen molar-refractivity contribution in [2.45, 2.75) is 193 Å². The molecule has 0 bridgehead atoms. The van der Waals surface area contributed by atoms with Crippen LogP contribution in [0.1, 0.15) is 182 Å². The van der Waals surface area contributed by atoms with Gasteiger partial charge in [0.05, 0.1) is 0 Å². The number of rotatable bonds is 28. The van der Waals surface area contributed by atoms with Crippen LogP contribution in [0.25, 0.3) is 0 Å². The van der Waals surface area contributed by atoms with E-state index in [-0.39, 0.29) is 23.1 Å². The van der Waals surface area contributed by atoms with E-state index < -0.39 is 11.1 Å². The number of nitro groups is 2. The second-order valence-electron chi connectivity index (χ2n) is 11.9. The SMILES string of the molecule is CCCCCCCCC(CO)(CCCC)[N+](=O)[O-].CCCCCCCCC(CO)(CCCCCCCC)[N+](=O)[O-]. The van der Waals surface area contributed by atoms with Crippen LogP contribution in [0.5, 0.6) is 0 Å². The number of nitrogens with zero attached hydrogens (tertiary/aromatic N) is 2. The van der Waals surface area contributed by atoms with E-state index in [1.165, 1.54) is 57.8 Å². The zero-order valence-electron chi connectivity index (χ0n) is 26.8. The Morgan fingerprint density at radius 1 is 0.425 bits per heavy atom. The van der Waals surface area contributed by atoms with Crippen LogP contribution in [-0.2, 0) is 0 Å². The molecule has 0 aromatic heterocycles. The Bertz CT molecular complexity index is 574. The summed E-state index contributed by atoms with van der Waals surface area (Å²) in [5, 5.41) is 41.6. The Kier molecular flexibility index (Phi) is 28.5. The molecule has 0 rings (SSSR count). The summed E-state index contributed by atoms with van der Waals surface area (Å²) in [4.78, 5) is 22.1. The standard InChI is InChI=1S/C18H37NO3.C14H29NO3/c1-3-5-7-9-11-13-15-18(17-20,19(21)22)16-14-12-10-8-6-4-2;1-3-5-7-8-9-10-12-14(13-16,15(17)18)11-6-4-2/h20H,3-17H2,1-2H3;16H,3-13H2,1-2H3. The maximum absolute atomic E-state index is 11.4. The lowest BCUT2D eigenvalue weighted by atomic mass is 9.87. The minimum atomic E-state index is -1.09. The van der Waals surface area contributed by atoms with Crippen LogP contribution in [0.15, 0.2) is 0 Å². The van der Waals surface area contributed by atoms with Gasteiger partial charge in [-0.2, -0.15) is 0 Å².